The number of thiophene rings is 1. The molecule has 1 aliphatic rings. The Balaban J connectivity index is 1.65. The minimum absolute atomic E-state index is 0.257. The Kier molecular flexibility index (Phi) is 6.58. The van der Waals surface area contributed by atoms with Gasteiger partial charge in [0.05, 0.1) is 20.8 Å². The van der Waals surface area contributed by atoms with Gasteiger partial charge in [0, 0.05) is 23.5 Å². The van der Waals surface area contributed by atoms with E-state index in [-0.39, 0.29) is 12.5 Å². The van der Waals surface area contributed by atoms with E-state index < -0.39 is 10.0 Å². The number of sulfonamides is 1. The first-order chi connectivity index (χ1) is 13.5. The highest BCUT2D eigenvalue weighted by Gasteiger charge is 2.27. The lowest BCUT2D eigenvalue weighted by atomic mass is 10.2. The quantitative estimate of drug-likeness (QED) is 0.739. The number of benzene rings is 1. The Morgan fingerprint density at radius 3 is 2.46 bits per heavy atom. The molecule has 1 aromatic carbocycles. The van der Waals surface area contributed by atoms with E-state index in [1.54, 1.807) is 34.6 Å². The first-order valence-electron chi connectivity index (χ1n) is 9.05. The van der Waals surface area contributed by atoms with Crippen LogP contribution in [0.15, 0.2) is 34.5 Å². The molecule has 1 fully saturated rings. The number of hydrogen-bond acceptors (Lipinski definition) is 6. The smallest absolute Gasteiger partial charge is 0.252 e. The Morgan fingerprint density at radius 1 is 1.07 bits per heavy atom. The van der Waals surface area contributed by atoms with Crippen LogP contribution in [0, 0.1) is 0 Å². The normalized spacial score (nSPS) is 15.2. The van der Waals surface area contributed by atoms with Gasteiger partial charge in [-0.25, -0.2) is 8.42 Å². The molecular formula is C19H24N2O5S2. The van der Waals surface area contributed by atoms with Gasteiger partial charge in [-0.2, -0.15) is 4.31 Å². The van der Waals surface area contributed by atoms with Gasteiger partial charge in [0.25, 0.3) is 15.9 Å². The lowest BCUT2D eigenvalue weighted by Crippen LogP contribution is -2.35. The number of rotatable bonds is 7. The number of amides is 1. The van der Waals surface area contributed by atoms with Crippen molar-refractivity contribution in [2.24, 2.45) is 0 Å². The van der Waals surface area contributed by atoms with Gasteiger partial charge in [-0.1, -0.05) is 6.42 Å². The van der Waals surface area contributed by atoms with Gasteiger partial charge in [0.15, 0.2) is 11.5 Å². The molecule has 0 atom stereocenters. The third kappa shape index (κ3) is 4.48. The highest BCUT2D eigenvalue weighted by molar-refractivity contribution is 7.91. The van der Waals surface area contributed by atoms with Crippen molar-refractivity contribution in [3.05, 3.63) is 40.8 Å². The Labute approximate surface area is 169 Å². The zero-order chi connectivity index (χ0) is 20.1. The van der Waals surface area contributed by atoms with Crippen molar-refractivity contribution in [2.45, 2.75) is 30.0 Å². The number of carbonyl (C=O) groups excluding carboxylic acids is 1. The Bertz CT molecular complexity index is 934. The van der Waals surface area contributed by atoms with Crippen LogP contribution in [0.1, 0.15) is 34.5 Å². The van der Waals surface area contributed by atoms with Gasteiger partial charge in [0.2, 0.25) is 0 Å². The number of hydrogen-bond donors (Lipinski definition) is 1. The molecule has 2 aromatic rings. The van der Waals surface area contributed by atoms with Crippen LogP contribution in [0.3, 0.4) is 0 Å². The first-order valence-corrected chi connectivity index (χ1v) is 11.3. The minimum atomic E-state index is -3.44. The standard InChI is InChI=1S/C19H24N2O5S2/c1-25-16-8-6-14(12-17(16)26-2)19(22)20-13-15-7-9-18(27-15)28(23,24)21-10-4-3-5-11-21/h6-9,12H,3-5,10-11,13H2,1-2H3,(H,20,22). The van der Waals surface area contributed by atoms with Crippen LogP contribution in [-0.4, -0.2) is 45.9 Å². The maximum Gasteiger partial charge on any atom is 0.252 e. The van der Waals surface area contributed by atoms with Gasteiger partial charge in [-0.15, -0.1) is 11.3 Å². The Morgan fingerprint density at radius 2 is 1.79 bits per heavy atom. The lowest BCUT2D eigenvalue weighted by molar-refractivity contribution is 0.0951. The van der Waals surface area contributed by atoms with Crippen molar-refractivity contribution < 1.29 is 22.7 Å². The van der Waals surface area contributed by atoms with Gasteiger partial charge >= 0.3 is 0 Å². The van der Waals surface area contributed by atoms with Crippen molar-refractivity contribution >= 4 is 27.3 Å². The van der Waals surface area contributed by atoms with Crippen molar-refractivity contribution in [2.75, 3.05) is 27.3 Å². The molecule has 7 nitrogen and oxygen atoms in total. The maximum atomic E-state index is 12.7. The average Bonchev–Trinajstić information content (AvgIpc) is 3.22. The summed E-state index contributed by atoms with van der Waals surface area (Å²) in [5, 5.41) is 2.82. The first kappa shape index (κ1) is 20.6. The molecule has 1 N–H and O–H groups in total. The van der Waals surface area contributed by atoms with Crippen LogP contribution in [0.4, 0.5) is 0 Å². The molecule has 152 valence electrons. The lowest BCUT2D eigenvalue weighted by Gasteiger charge is -2.25. The molecule has 3 rings (SSSR count). The van der Waals surface area contributed by atoms with E-state index in [0.717, 1.165) is 24.1 Å². The van der Waals surface area contributed by atoms with Crippen molar-refractivity contribution in [1.29, 1.82) is 0 Å². The number of nitrogens with one attached hydrogen (secondary N) is 1. The van der Waals surface area contributed by atoms with E-state index in [1.165, 1.54) is 25.6 Å². The largest absolute Gasteiger partial charge is 0.493 e. The summed E-state index contributed by atoms with van der Waals surface area (Å²) in [5.41, 5.74) is 0.440. The number of methoxy groups -OCH3 is 2. The third-order valence-electron chi connectivity index (χ3n) is 4.62. The fourth-order valence-corrected chi connectivity index (χ4v) is 6.04. The summed E-state index contributed by atoms with van der Waals surface area (Å²) >= 11 is 1.20. The highest BCUT2D eigenvalue weighted by atomic mass is 32.2. The van der Waals surface area contributed by atoms with Crippen LogP contribution in [0.5, 0.6) is 11.5 Å². The zero-order valence-electron chi connectivity index (χ0n) is 15.9. The number of nitrogens with zero attached hydrogens (tertiary/aromatic N) is 1. The molecule has 1 saturated heterocycles. The molecular weight excluding hydrogens is 400 g/mol. The number of ether oxygens (including phenoxy) is 2. The summed E-state index contributed by atoms with van der Waals surface area (Å²) in [7, 11) is -0.399. The molecule has 28 heavy (non-hydrogen) atoms. The summed E-state index contributed by atoms with van der Waals surface area (Å²) in [6.07, 6.45) is 2.88. The predicted octanol–water partition coefficient (Wildman–Crippen LogP) is 2.87. The van der Waals surface area contributed by atoms with E-state index in [2.05, 4.69) is 5.32 Å². The summed E-state index contributed by atoms with van der Waals surface area (Å²) in [5.74, 6) is 0.751. The molecule has 1 aromatic heterocycles. The second-order valence-electron chi connectivity index (χ2n) is 6.44. The van der Waals surface area contributed by atoms with Crippen LogP contribution in [0.2, 0.25) is 0 Å². The Hall–Kier alpha value is -2.10. The van der Waals surface area contributed by atoms with Crippen molar-refractivity contribution in [1.82, 2.24) is 9.62 Å². The van der Waals surface area contributed by atoms with E-state index >= 15 is 0 Å². The van der Waals surface area contributed by atoms with Crippen LogP contribution < -0.4 is 14.8 Å². The number of carbonyl (C=O) groups is 1. The average molecular weight is 425 g/mol. The van der Waals surface area contributed by atoms with E-state index in [0.29, 0.717) is 34.4 Å². The summed E-state index contributed by atoms with van der Waals surface area (Å²) in [6, 6.07) is 8.29. The second-order valence-corrected chi connectivity index (χ2v) is 9.77. The predicted molar refractivity (Wildman–Crippen MR) is 108 cm³/mol. The monoisotopic (exact) mass is 424 g/mol. The molecule has 2 heterocycles. The fourth-order valence-electron chi connectivity index (χ4n) is 3.07. The molecule has 0 radical (unpaired) electrons. The molecule has 0 unspecified atom stereocenters. The molecule has 9 heteroatoms. The highest BCUT2D eigenvalue weighted by Crippen LogP contribution is 2.28. The summed E-state index contributed by atoms with van der Waals surface area (Å²) in [4.78, 5) is 13.2. The zero-order valence-corrected chi connectivity index (χ0v) is 17.6. The van der Waals surface area contributed by atoms with Crippen LogP contribution in [0.25, 0.3) is 0 Å². The van der Waals surface area contributed by atoms with Crippen LogP contribution in [-0.2, 0) is 16.6 Å². The van der Waals surface area contributed by atoms with Gasteiger partial charge in [0.1, 0.15) is 4.21 Å². The molecule has 1 amide bonds. The minimum Gasteiger partial charge on any atom is -0.493 e. The second kappa shape index (κ2) is 8.93. The molecule has 0 saturated carbocycles. The van der Waals surface area contributed by atoms with E-state index in [9.17, 15) is 13.2 Å². The van der Waals surface area contributed by atoms with Gasteiger partial charge in [-0.05, 0) is 43.2 Å². The van der Waals surface area contributed by atoms with E-state index in [4.69, 9.17) is 9.47 Å². The number of piperidine rings is 1. The van der Waals surface area contributed by atoms with Gasteiger partial charge in [-0.3, -0.25) is 4.79 Å². The maximum absolute atomic E-state index is 12.7. The molecule has 0 spiro atoms. The van der Waals surface area contributed by atoms with Crippen molar-refractivity contribution in [3.63, 3.8) is 0 Å². The molecule has 1 aliphatic heterocycles. The molecule has 0 aliphatic carbocycles. The van der Waals surface area contributed by atoms with E-state index in [1.807, 2.05) is 0 Å². The van der Waals surface area contributed by atoms with Crippen LogP contribution >= 0.6 is 11.3 Å². The summed E-state index contributed by atoms with van der Waals surface area (Å²) < 4.78 is 37.7. The molecule has 0 bridgehead atoms. The topological polar surface area (TPSA) is 84.9 Å². The van der Waals surface area contributed by atoms with Gasteiger partial charge < -0.3 is 14.8 Å². The SMILES string of the molecule is COc1ccc(C(=O)NCc2ccc(S(=O)(=O)N3CCCCC3)s2)cc1OC. The summed E-state index contributed by atoms with van der Waals surface area (Å²) in [6.45, 7) is 1.41. The fraction of sp³-hybridized carbons (Fsp3) is 0.421. The van der Waals surface area contributed by atoms with Crippen molar-refractivity contribution in [3.8, 4) is 11.5 Å². The third-order valence-corrected chi connectivity index (χ3v) is 8.07.